The number of ether oxygens (including phenoxy) is 3. The Morgan fingerprint density at radius 2 is 1.95 bits per heavy atom. The topological polar surface area (TPSA) is 77.6 Å². The van der Waals surface area contributed by atoms with Crippen molar-refractivity contribution in [1.82, 2.24) is 0 Å². The molecular formula is C14H11FN2O3. The second-order valence-electron chi connectivity index (χ2n) is 4.18. The third-order valence-corrected chi connectivity index (χ3v) is 2.81. The van der Waals surface area contributed by atoms with Gasteiger partial charge < -0.3 is 19.9 Å². The molecule has 102 valence electrons. The molecule has 0 atom stereocenters. The molecule has 20 heavy (non-hydrogen) atoms. The minimum Gasteiger partial charge on any atom is -0.454 e. The second-order valence-corrected chi connectivity index (χ2v) is 4.18. The molecule has 3 rings (SSSR count). The Labute approximate surface area is 114 Å². The van der Waals surface area contributed by atoms with Gasteiger partial charge in [0.15, 0.2) is 23.1 Å². The van der Waals surface area contributed by atoms with Crippen molar-refractivity contribution in [3.8, 4) is 23.0 Å². The number of hydrogen-bond donors (Lipinski definition) is 2. The van der Waals surface area contributed by atoms with Gasteiger partial charge in [-0.1, -0.05) is 0 Å². The second kappa shape index (κ2) is 4.73. The predicted octanol–water partition coefficient (Wildman–Crippen LogP) is 2.63. The molecule has 0 fully saturated rings. The number of halogens is 1. The fourth-order valence-corrected chi connectivity index (χ4v) is 1.82. The summed E-state index contributed by atoms with van der Waals surface area (Å²) in [6.07, 6.45) is 0. The number of amidine groups is 1. The number of nitrogens with two attached hydrogens (primary N) is 1. The van der Waals surface area contributed by atoms with Gasteiger partial charge in [0.05, 0.1) is 0 Å². The number of hydrogen-bond acceptors (Lipinski definition) is 4. The molecule has 5 nitrogen and oxygen atoms in total. The number of nitrogens with one attached hydrogen (secondary N) is 1. The minimum absolute atomic E-state index is 0.0499. The Morgan fingerprint density at radius 3 is 2.70 bits per heavy atom. The van der Waals surface area contributed by atoms with Crippen LogP contribution in [0.2, 0.25) is 0 Å². The van der Waals surface area contributed by atoms with Gasteiger partial charge in [-0.3, -0.25) is 5.41 Å². The molecule has 3 N–H and O–H groups in total. The van der Waals surface area contributed by atoms with E-state index in [0.717, 1.165) is 6.07 Å². The molecule has 0 unspecified atom stereocenters. The van der Waals surface area contributed by atoms with Crippen LogP contribution in [0.5, 0.6) is 23.0 Å². The standard InChI is InChI=1S/C14H11FN2O3/c15-10-5-8(14(16)17)1-3-11(10)20-9-2-4-12-13(6-9)19-7-18-12/h1-6H,7H2,(H3,16,17). The molecule has 0 spiro atoms. The Kier molecular flexibility index (Phi) is 2.90. The summed E-state index contributed by atoms with van der Waals surface area (Å²) >= 11 is 0. The highest BCUT2D eigenvalue weighted by Crippen LogP contribution is 2.37. The van der Waals surface area contributed by atoms with Crippen LogP contribution in [0.3, 0.4) is 0 Å². The van der Waals surface area contributed by atoms with Gasteiger partial charge in [0, 0.05) is 11.6 Å². The first-order valence-corrected chi connectivity index (χ1v) is 5.85. The molecule has 0 saturated carbocycles. The van der Waals surface area contributed by atoms with Gasteiger partial charge in [-0.05, 0) is 30.3 Å². The smallest absolute Gasteiger partial charge is 0.231 e. The molecule has 1 aliphatic heterocycles. The molecule has 1 heterocycles. The zero-order chi connectivity index (χ0) is 14.1. The van der Waals surface area contributed by atoms with Crippen molar-refractivity contribution in [3.05, 3.63) is 47.8 Å². The van der Waals surface area contributed by atoms with E-state index in [4.69, 9.17) is 25.4 Å². The summed E-state index contributed by atoms with van der Waals surface area (Å²) in [5.74, 6) is 0.888. The van der Waals surface area contributed by atoms with Crippen molar-refractivity contribution in [2.75, 3.05) is 6.79 Å². The van der Waals surface area contributed by atoms with E-state index in [9.17, 15) is 4.39 Å². The maximum Gasteiger partial charge on any atom is 0.231 e. The van der Waals surface area contributed by atoms with Crippen LogP contribution in [-0.2, 0) is 0 Å². The molecule has 0 radical (unpaired) electrons. The molecule has 0 aromatic heterocycles. The van der Waals surface area contributed by atoms with Crippen LogP contribution >= 0.6 is 0 Å². The average Bonchev–Trinajstić information content (AvgIpc) is 2.88. The van der Waals surface area contributed by atoms with E-state index >= 15 is 0 Å². The van der Waals surface area contributed by atoms with Crippen molar-refractivity contribution < 1.29 is 18.6 Å². The van der Waals surface area contributed by atoms with Crippen LogP contribution in [0.4, 0.5) is 4.39 Å². The third-order valence-electron chi connectivity index (χ3n) is 2.81. The first kappa shape index (κ1) is 12.3. The summed E-state index contributed by atoms with van der Waals surface area (Å²) in [6.45, 7) is 0.167. The summed E-state index contributed by atoms with van der Waals surface area (Å²) in [5, 5.41) is 7.25. The normalized spacial score (nSPS) is 12.2. The van der Waals surface area contributed by atoms with Gasteiger partial charge >= 0.3 is 0 Å². The largest absolute Gasteiger partial charge is 0.454 e. The van der Waals surface area contributed by atoms with E-state index in [-0.39, 0.29) is 18.4 Å². The maximum atomic E-state index is 13.8. The molecule has 0 bridgehead atoms. The van der Waals surface area contributed by atoms with E-state index < -0.39 is 5.82 Å². The van der Waals surface area contributed by atoms with Crippen molar-refractivity contribution in [1.29, 1.82) is 5.41 Å². The summed E-state index contributed by atoms with van der Waals surface area (Å²) in [5.41, 5.74) is 5.60. The summed E-state index contributed by atoms with van der Waals surface area (Å²) in [7, 11) is 0. The van der Waals surface area contributed by atoms with Crippen LogP contribution in [0, 0.1) is 11.2 Å². The fraction of sp³-hybridized carbons (Fsp3) is 0.0714. The number of nitrogen functional groups attached to an aromatic ring is 1. The van der Waals surface area contributed by atoms with Crippen LogP contribution < -0.4 is 19.9 Å². The lowest BCUT2D eigenvalue weighted by molar-refractivity contribution is 0.174. The molecule has 2 aromatic rings. The van der Waals surface area contributed by atoms with Gasteiger partial charge in [-0.2, -0.15) is 0 Å². The molecule has 2 aromatic carbocycles. The first-order valence-electron chi connectivity index (χ1n) is 5.85. The molecule has 0 aliphatic carbocycles. The van der Waals surface area contributed by atoms with E-state index in [1.165, 1.54) is 12.1 Å². The van der Waals surface area contributed by atoms with Gasteiger partial charge in [0.2, 0.25) is 6.79 Å². The minimum atomic E-state index is -0.588. The average molecular weight is 274 g/mol. The fourth-order valence-electron chi connectivity index (χ4n) is 1.82. The van der Waals surface area contributed by atoms with Crippen LogP contribution in [0.1, 0.15) is 5.56 Å². The van der Waals surface area contributed by atoms with Gasteiger partial charge in [-0.25, -0.2) is 4.39 Å². The quantitative estimate of drug-likeness (QED) is 0.666. The zero-order valence-corrected chi connectivity index (χ0v) is 10.4. The molecule has 0 amide bonds. The van der Waals surface area contributed by atoms with Crippen molar-refractivity contribution in [3.63, 3.8) is 0 Å². The highest BCUT2D eigenvalue weighted by molar-refractivity contribution is 5.95. The zero-order valence-electron chi connectivity index (χ0n) is 10.4. The van der Waals surface area contributed by atoms with Crippen molar-refractivity contribution in [2.24, 2.45) is 5.73 Å². The Hall–Kier alpha value is -2.76. The van der Waals surface area contributed by atoms with Crippen molar-refractivity contribution >= 4 is 5.84 Å². The number of rotatable bonds is 3. The molecular weight excluding hydrogens is 263 g/mol. The molecule has 6 heteroatoms. The Balaban J connectivity index is 1.86. The van der Waals surface area contributed by atoms with Crippen LogP contribution in [-0.4, -0.2) is 12.6 Å². The van der Waals surface area contributed by atoms with Crippen molar-refractivity contribution in [2.45, 2.75) is 0 Å². The summed E-state index contributed by atoms with van der Waals surface area (Å²) in [4.78, 5) is 0. The molecule has 0 saturated heterocycles. The monoisotopic (exact) mass is 274 g/mol. The van der Waals surface area contributed by atoms with Crippen LogP contribution in [0.25, 0.3) is 0 Å². The SMILES string of the molecule is N=C(N)c1ccc(Oc2ccc3c(c2)OCO3)c(F)c1. The third kappa shape index (κ3) is 2.23. The molecule has 1 aliphatic rings. The van der Waals surface area contributed by atoms with E-state index in [0.29, 0.717) is 22.8 Å². The highest BCUT2D eigenvalue weighted by atomic mass is 19.1. The number of fused-ring (bicyclic) bond motifs is 1. The van der Waals surface area contributed by atoms with Gasteiger partial charge in [-0.15, -0.1) is 0 Å². The van der Waals surface area contributed by atoms with Gasteiger partial charge in [0.1, 0.15) is 11.6 Å². The lowest BCUT2D eigenvalue weighted by atomic mass is 10.2. The van der Waals surface area contributed by atoms with E-state index in [1.807, 2.05) is 0 Å². The summed E-state index contributed by atoms with van der Waals surface area (Å²) in [6, 6.07) is 9.08. The van der Waals surface area contributed by atoms with E-state index in [2.05, 4.69) is 0 Å². The Morgan fingerprint density at radius 1 is 1.15 bits per heavy atom. The Bertz CT molecular complexity index is 688. The summed E-state index contributed by atoms with van der Waals surface area (Å²) < 4.78 is 29.7. The maximum absolute atomic E-state index is 13.8. The lowest BCUT2D eigenvalue weighted by Gasteiger charge is -2.08. The van der Waals surface area contributed by atoms with Gasteiger partial charge in [0.25, 0.3) is 0 Å². The number of benzene rings is 2. The predicted molar refractivity (Wildman–Crippen MR) is 70.1 cm³/mol. The first-order chi connectivity index (χ1) is 9.63. The lowest BCUT2D eigenvalue weighted by Crippen LogP contribution is -2.11. The van der Waals surface area contributed by atoms with Crippen LogP contribution in [0.15, 0.2) is 36.4 Å². The highest BCUT2D eigenvalue weighted by Gasteiger charge is 2.15. The van der Waals surface area contributed by atoms with E-state index in [1.54, 1.807) is 18.2 Å².